The Morgan fingerprint density at radius 1 is 1.30 bits per heavy atom. The summed E-state index contributed by atoms with van der Waals surface area (Å²) in [4.78, 5) is 51.2. The molecular weight excluding hydrogens is 412 g/mol. The number of aliphatic carboxylic acids is 1. The molecule has 11 heteroatoms. The number of nitro benzene ring substituents is 1. The lowest BCUT2D eigenvalue weighted by molar-refractivity contribution is -0.384. The van der Waals surface area contributed by atoms with Gasteiger partial charge in [0.25, 0.3) is 17.2 Å². The summed E-state index contributed by atoms with van der Waals surface area (Å²) < 4.78 is 1.40. The molecule has 0 aliphatic heterocycles. The summed E-state index contributed by atoms with van der Waals surface area (Å²) in [6.07, 6.45) is 0.317. The van der Waals surface area contributed by atoms with Gasteiger partial charge >= 0.3 is 5.97 Å². The van der Waals surface area contributed by atoms with Gasteiger partial charge in [0.1, 0.15) is 10.7 Å². The highest BCUT2D eigenvalue weighted by atomic mass is 32.1. The van der Waals surface area contributed by atoms with E-state index in [1.807, 2.05) is 0 Å². The van der Waals surface area contributed by atoms with Gasteiger partial charge in [-0.25, -0.2) is 4.98 Å². The number of thiophene rings is 1. The topological polar surface area (TPSA) is 158 Å². The van der Waals surface area contributed by atoms with Crippen molar-refractivity contribution in [3.05, 3.63) is 66.6 Å². The third-order valence-electron chi connectivity index (χ3n) is 4.63. The number of hydrogen-bond donors (Lipinski definition) is 2. The lowest BCUT2D eigenvalue weighted by atomic mass is 10.1. The summed E-state index contributed by atoms with van der Waals surface area (Å²) in [5, 5.41) is 20.0. The molecule has 0 unspecified atom stereocenters. The highest BCUT2D eigenvalue weighted by molar-refractivity contribution is 7.20. The second-order valence-electron chi connectivity index (χ2n) is 6.68. The Bertz CT molecular complexity index is 1210. The Morgan fingerprint density at radius 3 is 2.53 bits per heavy atom. The second kappa shape index (κ2) is 8.41. The summed E-state index contributed by atoms with van der Waals surface area (Å²) in [5.41, 5.74) is 6.12. The van der Waals surface area contributed by atoms with Gasteiger partial charge in [-0.1, -0.05) is 12.1 Å². The van der Waals surface area contributed by atoms with E-state index in [0.717, 1.165) is 11.3 Å². The lowest BCUT2D eigenvalue weighted by Crippen LogP contribution is -2.26. The van der Waals surface area contributed by atoms with Crippen LogP contribution in [0.1, 0.15) is 39.5 Å². The van der Waals surface area contributed by atoms with Crippen LogP contribution in [0.2, 0.25) is 0 Å². The van der Waals surface area contributed by atoms with Gasteiger partial charge in [0.05, 0.1) is 15.2 Å². The number of carboxylic acids is 1. The number of fused-ring (bicyclic) bond motifs is 1. The highest BCUT2D eigenvalue weighted by Crippen LogP contribution is 2.27. The second-order valence-corrected chi connectivity index (χ2v) is 7.68. The Hall–Kier alpha value is -3.60. The predicted molar refractivity (Wildman–Crippen MR) is 110 cm³/mol. The number of nitrogens with two attached hydrogens (primary N) is 1. The molecule has 10 nitrogen and oxygen atoms in total. The van der Waals surface area contributed by atoms with Crippen molar-refractivity contribution in [2.24, 2.45) is 5.73 Å². The molecule has 0 fully saturated rings. The molecule has 1 aromatic carbocycles. The maximum absolute atomic E-state index is 13.2. The normalized spacial score (nSPS) is 11.0. The number of primary amides is 1. The molecule has 0 aliphatic carbocycles. The molecule has 0 radical (unpaired) electrons. The Kier molecular flexibility index (Phi) is 5.92. The molecular formula is C19H18N4O6S. The molecule has 0 spiro atoms. The van der Waals surface area contributed by atoms with E-state index in [4.69, 9.17) is 10.8 Å². The number of non-ortho nitro benzene ring substituents is 1. The molecule has 0 atom stereocenters. The minimum absolute atomic E-state index is 0.0546. The van der Waals surface area contributed by atoms with E-state index in [1.54, 1.807) is 19.1 Å². The number of nitro groups is 1. The summed E-state index contributed by atoms with van der Waals surface area (Å²) >= 11 is 1.03. The number of carbonyl (C=O) groups excluding carboxylic acids is 1. The summed E-state index contributed by atoms with van der Waals surface area (Å²) in [7, 11) is 0. The van der Waals surface area contributed by atoms with E-state index >= 15 is 0 Å². The molecule has 30 heavy (non-hydrogen) atoms. The van der Waals surface area contributed by atoms with Crippen LogP contribution in [0.4, 0.5) is 5.69 Å². The number of hydrogen-bond acceptors (Lipinski definition) is 7. The predicted octanol–water partition coefficient (Wildman–Crippen LogP) is 2.23. The van der Waals surface area contributed by atoms with Crippen LogP contribution in [-0.4, -0.2) is 31.5 Å². The number of nitrogens with zero attached hydrogens (tertiary/aromatic N) is 3. The lowest BCUT2D eigenvalue weighted by Gasteiger charge is -2.12. The van der Waals surface area contributed by atoms with Gasteiger partial charge < -0.3 is 10.8 Å². The Morgan fingerprint density at radius 2 is 1.97 bits per heavy atom. The number of carboxylic acid groups (broad SMARTS) is 1. The molecule has 2 heterocycles. The van der Waals surface area contributed by atoms with E-state index < -0.39 is 16.8 Å². The zero-order valence-corrected chi connectivity index (χ0v) is 16.8. The maximum Gasteiger partial charge on any atom is 0.303 e. The first-order chi connectivity index (χ1) is 14.2. The van der Waals surface area contributed by atoms with E-state index in [2.05, 4.69) is 4.98 Å². The van der Waals surface area contributed by atoms with Gasteiger partial charge in [-0.3, -0.25) is 29.1 Å². The number of aryl methyl sites for hydroxylation is 1. The van der Waals surface area contributed by atoms with Crippen LogP contribution >= 0.6 is 11.3 Å². The molecule has 2 aromatic heterocycles. The van der Waals surface area contributed by atoms with E-state index in [0.29, 0.717) is 21.8 Å². The van der Waals surface area contributed by atoms with Crippen molar-refractivity contribution in [1.82, 2.24) is 9.55 Å². The van der Waals surface area contributed by atoms with Crippen molar-refractivity contribution in [3.8, 4) is 0 Å². The van der Waals surface area contributed by atoms with Crippen molar-refractivity contribution < 1.29 is 19.6 Å². The largest absolute Gasteiger partial charge is 0.481 e. The number of rotatable bonds is 8. The first-order valence-corrected chi connectivity index (χ1v) is 9.78. The third-order valence-corrected chi connectivity index (χ3v) is 5.84. The first kappa shape index (κ1) is 21.1. The van der Waals surface area contributed by atoms with Crippen molar-refractivity contribution in [1.29, 1.82) is 0 Å². The average Bonchev–Trinajstić information content (AvgIpc) is 3.01. The summed E-state index contributed by atoms with van der Waals surface area (Å²) in [5.74, 6) is -1.25. The Balaban J connectivity index is 2.09. The zero-order chi connectivity index (χ0) is 22.0. The molecule has 156 valence electrons. The quantitative estimate of drug-likeness (QED) is 0.409. The highest BCUT2D eigenvalue weighted by Gasteiger charge is 2.20. The van der Waals surface area contributed by atoms with Crippen molar-refractivity contribution in [2.45, 2.75) is 32.7 Å². The van der Waals surface area contributed by atoms with Crippen LogP contribution in [0, 0.1) is 17.0 Å². The van der Waals surface area contributed by atoms with Crippen LogP contribution in [0.5, 0.6) is 0 Å². The van der Waals surface area contributed by atoms with Crippen LogP contribution < -0.4 is 11.3 Å². The fourth-order valence-electron chi connectivity index (χ4n) is 3.17. The summed E-state index contributed by atoms with van der Waals surface area (Å²) in [6, 6.07) is 5.87. The molecule has 0 bridgehead atoms. The fourth-order valence-corrected chi connectivity index (χ4v) is 4.21. The first-order valence-electron chi connectivity index (χ1n) is 8.96. The monoisotopic (exact) mass is 430 g/mol. The SMILES string of the molecule is Cc1c(C(N)=O)sc2nc(Cc3ccc([N+](=O)[O-])cc3)n(CCCC(=O)O)c(=O)c12. The van der Waals surface area contributed by atoms with Gasteiger partial charge in [0.15, 0.2) is 0 Å². The zero-order valence-electron chi connectivity index (χ0n) is 16.0. The van der Waals surface area contributed by atoms with Gasteiger partial charge in [-0.05, 0) is 24.5 Å². The standard InChI is InChI=1S/C19H18N4O6S/c1-10-15-18(30-16(10)17(20)26)21-13(22(19(15)27)8-2-3-14(24)25)9-11-4-6-12(7-5-11)23(28)29/h4-7H,2-3,8-9H2,1H3,(H2,20,26)(H,24,25). The van der Waals surface area contributed by atoms with E-state index in [9.17, 15) is 24.5 Å². The molecule has 0 saturated heterocycles. The molecule has 3 rings (SSSR count). The van der Waals surface area contributed by atoms with Gasteiger partial charge in [-0.2, -0.15) is 0 Å². The number of carbonyl (C=O) groups is 2. The minimum Gasteiger partial charge on any atom is -0.481 e. The molecule has 0 aliphatic rings. The van der Waals surface area contributed by atoms with Crippen molar-refractivity contribution >= 4 is 39.1 Å². The van der Waals surface area contributed by atoms with Crippen LogP contribution in [0.25, 0.3) is 10.2 Å². The molecule has 1 amide bonds. The number of amides is 1. The van der Waals surface area contributed by atoms with E-state index in [-0.39, 0.29) is 47.3 Å². The molecule has 3 N–H and O–H groups in total. The van der Waals surface area contributed by atoms with Gasteiger partial charge in [0, 0.05) is 31.5 Å². The average molecular weight is 430 g/mol. The minimum atomic E-state index is -0.975. The van der Waals surface area contributed by atoms with E-state index in [1.165, 1.54) is 16.7 Å². The number of benzene rings is 1. The Labute approximate surface area is 173 Å². The van der Waals surface area contributed by atoms with Crippen molar-refractivity contribution in [2.75, 3.05) is 0 Å². The van der Waals surface area contributed by atoms with Crippen LogP contribution in [0.15, 0.2) is 29.1 Å². The molecule has 3 aromatic rings. The van der Waals surface area contributed by atoms with Crippen LogP contribution in [0.3, 0.4) is 0 Å². The van der Waals surface area contributed by atoms with Crippen LogP contribution in [-0.2, 0) is 17.8 Å². The molecule has 0 saturated carbocycles. The van der Waals surface area contributed by atoms with Gasteiger partial charge in [-0.15, -0.1) is 11.3 Å². The maximum atomic E-state index is 13.2. The van der Waals surface area contributed by atoms with Gasteiger partial charge in [0.2, 0.25) is 0 Å². The summed E-state index contributed by atoms with van der Waals surface area (Å²) in [6.45, 7) is 1.76. The third kappa shape index (κ3) is 4.20. The smallest absolute Gasteiger partial charge is 0.303 e. The van der Waals surface area contributed by atoms with Crippen molar-refractivity contribution in [3.63, 3.8) is 0 Å². The fraction of sp³-hybridized carbons (Fsp3) is 0.263. The number of aromatic nitrogens is 2.